The Morgan fingerprint density at radius 3 is 2.48 bits per heavy atom. The van der Waals surface area contributed by atoms with Gasteiger partial charge >= 0.3 is 12.1 Å². The Hall–Kier alpha value is -3.93. The van der Waals surface area contributed by atoms with Gasteiger partial charge in [-0.25, -0.2) is 19.6 Å². The summed E-state index contributed by atoms with van der Waals surface area (Å²) < 4.78 is 23.2. The third kappa shape index (κ3) is 6.63. The average Bonchev–Trinajstić information content (AvgIpc) is 3.33. The number of ether oxygens (including phenoxy) is 4. The summed E-state index contributed by atoms with van der Waals surface area (Å²) in [6, 6.07) is 4.72. The van der Waals surface area contributed by atoms with E-state index in [9.17, 15) is 14.4 Å². The zero-order valence-electron chi connectivity index (χ0n) is 28.1. The molecule has 0 radical (unpaired) electrons. The van der Waals surface area contributed by atoms with Gasteiger partial charge in [-0.05, 0) is 65.0 Å². The van der Waals surface area contributed by atoms with E-state index in [0.717, 1.165) is 21.7 Å². The monoisotopic (exact) mass is 652 g/mol. The second kappa shape index (κ2) is 12.7. The van der Waals surface area contributed by atoms with Crippen LogP contribution in [0.15, 0.2) is 23.6 Å². The molecular weight excluding hydrogens is 608 g/mol. The van der Waals surface area contributed by atoms with Crippen LogP contribution in [0, 0.1) is 12.8 Å². The average molecular weight is 653 g/mol. The first-order valence-corrected chi connectivity index (χ1v) is 16.6. The van der Waals surface area contributed by atoms with E-state index in [0.29, 0.717) is 29.1 Å². The van der Waals surface area contributed by atoms with E-state index in [2.05, 4.69) is 19.2 Å². The Balaban J connectivity index is 1.49. The maximum absolute atomic E-state index is 13.8. The number of amides is 2. The normalized spacial score (nSPS) is 22.6. The van der Waals surface area contributed by atoms with E-state index in [-0.39, 0.29) is 31.4 Å². The van der Waals surface area contributed by atoms with Crippen LogP contribution in [0.4, 0.5) is 4.79 Å². The van der Waals surface area contributed by atoms with Crippen molar-refractivity contribution in [2.75, 3.05) is 20.3 Å². The molecule has 1 N–H and O–H groups in total. The Bertz CT molecular complexity index is 1650. The lowest BCUT2D eigenvalue weighted by Gasteiger charge is -2.28. The van der Waals surface area contributed by atoms with Crippen molar-refractivity contribution in [2.45, 2.75) is 97.4 Å². The van der Waals surface area contributed by atoms with E-state index in [1.165, 1.54) is 16.2 Å². The van der Waals surface area contributed by atoms with E-state index in [4.69, 9.17) is 28.9 Å². The highest BCUT2D eigenvalue weighted by Crippen LogP contribution is 2.45. The van der Waals surface area contributed by atoms with Crippen molar-refractivity contribution in [2.24, 2.45) is 5.92 Å². The topological polar surface area (TPSA) is 129 Å². The SMILES string of the molecule is CCOC(=O)[C@@]1(NC(=O)[C@@H]2C[C@@H](Oc3cc(-c4nc(C(C)C)cs4)nc4c(C)c(OC)ccc34)CN2C(=O)OC(C)(C)C)C[C@H]1C. The number of fused-ring (bicyclic) bond motifs is 1. The van der Waals surface area contributed by atoms with Crippen LogP contribution in [0.5, 0.6) is 11.5 Å². The number of esters is 1. The van der Waals surface area contributed by atoms with Crippen LogP contribution in [0.2, 0.25) is 0 Å². The van der Waals surface area contributed by atoms with Crippen LogP contribution >= 0.6 is 11.3 Å². The maximum Gasteiger partial charge on any atom is 0.411 e. The molecule has 0 spiro atoms. The standard InChI is InChI=1S/C34H44N4O7S/c1-10-43-31(40)34(15-19(34)4)37-29(39)25-13-21(16-38(25)32(41)45-33(6,7)8)44-27-14-23(30-36-24(17-46-30)18(2)3)35-28-20(5)26(42-9)12-11-22(27)28/h11-12,14,17-19,21,25H,10,13,15-16H2,1-9H3,(H,37,39)/t19-,21-,25+,34-/m1/s1. The number of nitrogens with zero attached hydrogens (tertiary/aromatic N) is 3. The number of methoxy groups -OCH3 is 1. The second-order valence-electron chi connectivity index (χ2n) is 13.4. The van der Waals surface area contributed by atoms with Gasteiger partial charge in [-0.1, -0.05) is 20.8 Å². The third-order valence-corrected chi connectivity index (χ3v) is 9.36. The van der Waals surface area contributed by atoms with Gasteiger partial charge in [0.25, 0.3) is 0 Å². The molecule has 12 heteroatoms. The third-order valence-electron chi connectivity index (χ3n) is 8.48. The minimum atomic E-state index is -1.10. The predicted octanol–water partition coefficient (Wildman–Crippen LogP) is 6.01. The molecular formula is C34H44N4O7S. The first-order chi connectivity index (χ1) is 21.7. The van der Waals surface area contributed by atoms with E-state index in [1.54, 1.807) is 34.8 Å². The Labute approximate surface area is 274 Å². The molecule has 5 rings (SSSR count). The number of likely N-dealkylation sites (tertiary alicyclic amines) is 1. The fourth-order valence-electron chi connectivity index (χ4n) is 5.81. The lowest BCUT2D eigenvalue weighted by atomic mass is 10.1. The summed E-state index contributed by atoms with van der Waals surface area (Å²) in [5.74, 6) is 0.534. The number of hydrogen-bond donors (Lipinski definition) is 1. The van der Waals surface area contributed by atoms with Crippen LogP contribution in [0.3, 0.4) is 0 Å². The first kappa shape index (κ1) is 33.4. The summed E-state index contributed by atoms with van der Waals surface area (Å²) in [4.78, 5) is 51.2. The van der Waals surface area contributed by atoms with Crippen molar-refractivity contribution >= 4 is 40.2 Å². The molecule has 248 valence electrons. The summed E-state index contributed by atoms with van der Waals surface area (Å²) in [7, 11) is 1.62. The van der Waals surface area contributed by atoms with Crippen molar-refractivity contribution in [1.82, 2.24) is 20.2 Å². The molecule has 2 fully saturated rings. The van der Waals surface area contributed by atoms with Crippen LogP contribution in [0.25, 0.3) is 21.6 Å². The van der Waals surface area contributed by atoms with Gasteiger partial charge in [0.05, 0.1) is 31.5 Å². The molecule has 1 saturated heterocycles. The number of rotatable bonds is 9. The number of hydrogen-bond acceptors (Lipinski definition) is 10. The molecule has 0 unspecified atom stereocenters. The summed E-state index contributed by atoms with van der Waals surface area (Å²) in [5.41, 5.74) is 1.34. The predicted molar refractivity (Wildman–Crippen MR) is 175 cm³/mol. The highest BCUT2D eigenvalue weighted by molar-refractivity contribution is 7.13. The number of benzene rings is 1. The molecule has 1 saturated carbocycles. The highest BCUT2D eigenvalue weighted by atomic mass is 32.1. The van der Waals surface area contributed by atoms with Crippen LogP contribution in [-0.4, -0.2) is 76.4 Å². The van der Waals surface area contributed by atoms with Crippen LogP contribution in [0.1, 0.15) is 78.5 Å². The van der Waals surface area contributed by atoms with Gasteiger partial charge in [0.15, 0.2) is 0 Å². The van der Waals surface area contributed by atoms with E-state index >= 15 is 0 Å². The first-order valence-electron chi connectivity index (χ1n) is 15.8. The molecule has 2 amide bonds. The molecule has 0 bridgehead atoms. The zero-order valence-corrected chi connectivity index (χ0v) is 28.9. The van der Waals surface area contributed by atoms with Gasteiger partial charge < -0.3 is 24.3 Å². The fourth-order valence-corrected chi connectivity index (χ4v) is 6.75. The van der Waals surface area contributed by atoms with Gasteiger partial charge in [0.2, 0.25) is 5.91 Å². The molecule has 2 aliphatic rings. The minimum Gasteiger partial charge on any atom is -0.496 e. The number of carbonyl (C=O) groups is 3. The number of thiazole rings is 1. The smallest absolute Gasteiger partial charge is 0.411 e. The van der Waals surface area contributed by atoms with E-state index < -0.39 is 41.3 Å². The molecule has 1 aromatic carbocycles. The zero-order chi connectivity index (χ0) is 33.6. The van der Waals surface area contributed by atoms with Crippen molar-refractivity contribution in [3.63, 3.8) is 0 Å². The van der Waals surface area contributed by atoms with Crippen molar-refractivity contribution in [3.05, 3.63) is 34.8 Å². The van der Waals surface area contributed by atoms with E-state index in [1.807, 2.05) is 37.4 Å². The summed E-state index contributed by atoms with van der Waals surface area (Å²) >= 11 is 1.52. The van der Waals surface area contributed by atoms with Gasteiger partial charge in [-0.15, -0.1) is 11.3 Å². The number of carbonyl (C=O) groups excluding carboxylic acids is 3. The van der Waals surface area contributed by atoms with Gasteiger partial charge in [-0.3, -0.25) is 9.69 Å². The van der Waals surface area contributed by atoms with Crippen LogP contribution < -0.4 is 14.8 Å². The number of pyridine rings is 1. The molecule has 1 aliphatic heterocycles. The minimum absolute atomic E-state index is 0.0807. The number of aryl methyl sites for hydroxylation is 1. The van der Waals surface area contributed by atoms with Crippen molar-refractivity contribution in [1.29, 1.82) is 0 Å². The Morgan fingerprint density at radius 2 is 1.89 bits per heavy atom. The molecule has 11 nitrogen and oxygen atoms in total. The Kier molecular flexibility index (Phi) is 9.23. The van der Waals surface area contributed by atoms with Crippen LogP contribution in [-0.2, 0) is 19.1 Å². The lowest BCUT2D eigenvalue weighted by Crippen LogP contribution is -2.53. The van der Waals surface area contributed by atoms with Crippen molar-refractivity contribution in [3.8, 4) is 22.2 Å². The highest BCUT2D eigenvalue weighted by Gasteiger charge is 2.61. The van der Waals surface area contributed by atoms with Gasteiger partial charge in [0, 0.05) is 28.8 Å². The fraction of sp³-hybridized carbons (Fsp3) is 0.559. The molecule has 46 heavy (non-hydrogen) atoms. The number of nitrogens with one attached hydrogen (secondary N) is 1. The molecule has 4 atom stereocenters. The van der Waals surface area contributed by atoms with Gasteiger partial charge in [-0.2, -0.15) is 0 Å². The molecule has 3 aromatic rings. The second-order valence-corrected chi connectivity index (χ2v) is 14.3. The molecule has 3 heterocycles. The summed E-state index contributed by atoms with van der Waals surface area (Å²) in [6.07, 6.45) is -0.512. The largest absolute Gasteiger partial charge is 0.496 e. The molecule has 2 aromatic heterocycles. The Morgan fingerprint density at radius 1 is 1.17 bits per heavy atom. The number of aromatic nitrogens is 2. The van der Waals surface area contributed by atoms with Crippen molar-refractivity contribution < 1.29 is 33.3 Å². The summed E-state index contributed by atoms with van der Waals surface area (Å²) in [5, 5.41) is 6.49. The lowest BCUT2D eigenvalue weighted by molar-refractivity contribution is -0.149. The molecule has 1 aliphatic carbocycles. The summed E-state index contributed by atoms with van der Waals surface area (Å²) in [6.45, 7) is 15.4. The quantitative estimate of drug-likeness (QED) is 0.276. The maximum atomic E-state index is 13.8. The van der Waals surface area contributed by atoms with Gasteiger partial charge in [0.1, 0.15) is 45.5 Å².